The van der Waals surface area contributed by atoms with Gasteiger partial charge in [-0.05, 0) is 29.9 Å². The predicted octanol–water partition coefficient (Wildman–Crippen LogP) is 3.56. The molecule has 0 bridgehead atoms. The van der Waals surface area contributed by atoms with E-state index in [1.165, 1.54) is 25.2 Å². The average Bonchev–Trinajstić information content (AvgIpc) is 2.11. The van der Waals surface area contributed by atoms with E-state index in [-0.39, 0.29) is 0 Å². The van der Waals surface area contributed by atoms with Gasteiger partial charge in [0, 0.05) is 18.8 Å². The van der Waals surface area contributed by atoms with Crippen LogP contribution in [0.15, 0.2) is 30.3 Å². The van der Waals surface area contributed by atoms with E-state index in [4.69, 9.17) is 0 Å². The monoisotopic (exact) mass is 203 g/mol. The van der Waals surface area contributed by atoms with E-state index in [9.17, 15) is 0 Å². The second kappa shape index (κ2) is 3.88. The van der Waals surface area contributed by atoms with Crippen LogP contribution in [0.5, 0.6) is 0 Å². The molecule has 1 aliphatic heterocycles. The molecular weight excluding hydrogens is 182 g/mol. The van der Waals surface area contributed by atoms with Crippen molar-refractivity contribution in [1.82, 2.24) is 0 Å². The highest BCUT2D eigenvalue weighted by Crippen LogP contribution is 2.32. The van der Waals surface area contributed by atoms with Gasteiger partial charge in [0.05, 0.1) is 0 Å². The number of para-hydroxylation sites is 1. The van der Waals surface area contributed by atoms with Crippen LogP contribution in [0.1, 0.15) is 27.2 Å². The standard InChI is InChI=1S/C14H21N/c1-14(2,3)9-12-10-15(11-12)13-7-5-4-6-8-13/h4-8,12H,9-11H2,1-3H3. The summed E-state index contributed by atoms with van der Waals surface area (Å²) < 4.78 is 0. The molecule has 0 radical (unpaired) electrons. The van der Waals surface area contributed by atoms with Gasteiger partial charge in [-0.3, -0.25) is 0 Å². The summed E-state index contributed by atoms with van der Waals surface area (Å²) in [6.45, 7) is 9.47. The highest BCUT2D eigenvalue weighted by Gasteiger charge is 2.30. The van der Waals surface area contributed by atoms with Gasteiger partial charge >= 0.3 is 0 Å². The Morgan fingerprint density at radius 2 is 1.73 bits per heavy atom. The van der Waals surface area contributed by atoms with Crippen molar-refractivity contribution in [3.05, 3.63) is 30.3 Å². The molecule has 15 heavy (non-hydrogen) atoms. The maximum Gasteiger partial charge on any atom is 0.0366 e. The van der Waals surface area contributed by atoms with Gasteiger partial charge in [-0.25, -0.2) is 0 Å². The van der Waals surface area contributed by atoms with E-state index in [1.54, 1.807) is 0 Å². The molecule has 0 N–H and O–H groups in total. The van der Waals surface area contributed by atoms with E-state index in [1.807, 2.05) is 0 Å². The Labute approximate surface area is 93.1 Å². The number of hydrogen-bond donors (Lipinski definition) is 0. The van der Waals surface area contributed by atoms with Crippen LogP contribution in [0.4, 0.5) is 5.69 Å². The number of anilines is 1. The molecule has 0 atom stereocenters. The minimum Gasteiger partial charge on any atom is -0.371 e. The Bertz CT molecular complexity index is 304. The zero-order valence-corrected chi connectivity index (χ0v) is 10.0. The summed E-state index contributed by atoms with van der Waals surface area (Å²) in [5.41, 5.74) is 1.86. The summed E-state index contributed by atoms with van der Waals surface area (Å²) in [7, 11) is 0. The molecule has 1 aromatic rings. The molecule has 1 fully saturated rings. The van der Waals surface area contributed by atoms with Crippen LogP contribution in [-0.2, 0) is 0 Å². The van der Waals surface area contributed by atoms with Crippen molar-refractivity contribution in [2.45, 2.75) is 27.2 Å². The Kier molecular flexibility index (Phi) is 2.72. The first-order valence-corrected chi connectivity index (χ1v) is 5.85. The summed E-state index contributed by atoms with van der Waals surface area (Å²) in [5.74, 6) is 0.894. The van der Waals surface area contributed by atoms with Gasteiger partial charge < -0.3 is 4.90 Å². The predicted molar refractivity (Wildman–Crippen MR) is 66.2 cm³/mol. The van der Waals surface area contributed by atoms with Gasteiger partial charge in [0.15, 0.2) is 0 Å². The lowest BCUT2D eigenvalue weighted by molar-refractivity contribution is 0.256. The minimum atomic E-state index is 0.480. The summed E-state index contributed by atoms with van der Waals surface area (Å²) in [6, 6.07) is 10.7. The third-order valence-electron chi connectivity index (χ3n) is 2.98. The largest absolute Gasteiger partial charge is 0.371 e. The first kappa shape index (κ1) is 10.5. The van der Waals surface area contributed by atoms with Gasteiger partial charge in [-0.1, -0.05) is 39.0 Å². The van der Waals surface area contributed by atoms with E-state index in [0.717, 1.165) is 5.92 Å². The fraction of sp³-hybridized carbons (Fsp3) is 0.571. The highest BCUT2D eigenvalue weighted by atomic mass is 15.2. The second-order valence-corrected chi connectivity index (χ2v) is 5.87. The first-order chi connectivity index (χ1) is 7.04. The van der Waals surface area contributed by atoms with Crippen molar-refractivity contribution < 1.29 is 0 Å². The zero-order valence-electron chi connectivity index (χ0n) is 10.0. The Hall–Kier alpha value is -0.980. The quantitative estimate of drug-likeness (QED) is 0.710. The third-order valence-corrected chi connectivity index (χ3v) is 2.98. The number of nitrogens with zero attached hydrogens (tertiary/aromatic N) is 1. The molecule has 1 heterocycles. The van der Waals surface area contributed by atoms with Crippen molar-refractivity contribution in [2.75, 3.05) is 18.0 Å². The van der Waals surface area contributed by atoms with Gasteiger partial charge in [0.1, 0.15) is 0 Å². The molecule has 1 aliphatic rings. The smallest absolute Gasteiger partial charge is 0.0366 e. The van der Waals surface area contributed by atoms with Crippen molar-refractivity contribution in [3.63, 3.8) is 0 Å². The van der Waals surface area contributed by atoms with Gasteiger partial charge in [0.25, 0.3) is 0 Å². The molecule has 0 spiro atoms. The topological polar surface area (TPSA) is 3.24 Å². The zero-order chi connectivity index (χ0) is 10.9. The maximum absolute atomic E-state index is 2.47. The highest BCUT2D eigenvalue weighted by molar-refractivity contribution is 5.48. The Balaban J connectivity index is 1.84. The molecule has 0 aliphatic carbocycles. The molecule has 82 valence electrons. The van der Waals surface area contributed by atoms with E-state index in [2.05, 4.69) is 56.0 Å². The van der Waals surface area contributed by atoms with Crippen molar-refractivity contribution in [3.8, 4) is 0 Å². The van der Waals surface area contributed by atoms with Crippen LogP contribution in [0.2, 0.25) is 0 Å². The molecule has 0 amide bonds. The van der Waals surface area contributed by atoms with Gasteiger partial charge in [-0.15, -0.1) is 0 Å². The van der Waals surface area contributed by atoms with E-state index in [0.29, 0.717) is 5.41 Å². The van der Waals surface area contributed by atoms with Gasteiger partial charge in [0.2, 0.25) is 0 Å². The molecular formula is C14H21N. The maximum atomic E-state index is 2.47. The fourth-order valence-corrected chi connectivity index (χ4v) is 2.41. The van der Waals surface area contributed by atoms with Crippen LogP contribution in [0.25, 0.3) is 0 Å². The molecule has 1 nitrogen and oxygen atoms in total. The van der Waals surface area contributed by atoms with Crippen molar-refractivity contribution >= 4 is 5.69 Å². The molecule has 1 aromatic carbocycles. The summed E-state index contributed by atoms with van der Waals surface area (Å²) in [4.78, 5) is 2.47. The van der Waals surface area contributed by atoms with E-state index < -0.39 is 0 Å². The molecule has 0 unspecified atom stereocenters. The summed E-state index contributed by atoms with van der Waals surface area (Å²) >= 11 is 0. The lowest BCUT2D eigenvalue weighted by atomic mass is 9.81. The molecule has 1 saturated heterocycles. The summed E-state index contributed by atoms with van der Waals surface area (Å²) in [5, 5.41) is 0. The average molecular weight is 203 g/mol. The van der Waals surface area contributed by atoms with Crippen LogP contribution in [0, 0.1) is 11.3 Å². The third kappa shape index (κ3) is 2.74. The van der Waals surface area contributed by atoms with Crippen LogP contribution in [-0.4, -0.2) is 13.1 Å². The van der Waals surface area contributed by atoms with Crippen molar-refractivity contribution in [2.24, 2.45) is 11.3 Å². The van der Waals surface area contributed by atoms with Crippen LogP contribution >= 0.6 is 0 Å². The lowest BCUT2D eigenvalue weighted by Gasteiger charge is -2.43. The Morgan fingerprint density at radius 1 is 1.13 bits per heavy atom. The van der Waals surface area contributed by atoms with Crippen LogP contribution < -0.4 is 4.90 Å². The second-order valence-electron chi connectivity index (χ2n) is 5.87. The number of rotatable bonds is 2. The lowest BCUT2D eigenvalue weighted by Crippen LogP contribution is -2.48. The molecule has 2 rings (SSSR count). The van der Waals surface area contributed by atoms with Gasteiger partial charge in [-0.2, -0.15) is 0 Å². The fourth-order valence-electron chi connectivity index (χ4n) is 2.41. The normalized spacial score (nSPS) is 17.7. The molecule has 0 saturated carbocycles. The molecule has 0 aromatic heterocycles. The van der Waals surface area contributed by atoms with Crippen LogP contribution in [0.3, 0.4) is 0 Å². The minimum absolute atomic E-state index is 0.480. The number of benzene rings is 1. The Morgan fingerprint density at radius 3 is 2.27 bits per heavy atom. The van der Waals surface area contributed by atoms with E-state index >= 15 is 0 Å². The first-order valence-electron chi connectivity index (χ1n) is 5.85. The van der Waals surface area contributed by atoms with Crippen molar-refractivity contribution in [1.29, 1.82) is 0 Å². The SMILES string of the molecule is CC(C)(C)CC1CN(c2ccccc2)C1. The summed E-state index contributed by atoms with van der Waals surface area (Å²) in [6.07, 6.45) is 1.34. The molecule has 1 heteroatoms. The number of hydrogen-bond acceptors (Lipinski definition) is 1.